The molecule has 1 heterocycles. The van der Waals surface area contributed by atoms with Gasteiger partial charge in [0.15, 0.2) is 0 Å². The molecule has 2 rings (SSSR count). The molecule has 0 aliphatic carbocycles. The van der Waals surface area contributed by atoms with Gasteiger partial charge in [-0.15, -0.1) is 0 Å². The van der Waals surface area contributed by atoms with Crippen molar-refractivity contribution in [2.45, 2.75) is 0 Å². The first-order valence-electron chi connectivity index (χ1n) is 3.74. The maximum absolute atomic E-state index is 8.66. The Morgan fingerprint density at radius 3 is 2.12 bits per heavy atom. The molecule has 0 aliphatic heterocycles. The van der Waals surface area contributed by atoms with E-state index >= 15 is 0 Å². The van der Waals surface area contributed by atoms with Gasteiger partial charge in [-0.1, -0.05) is 18.2 Å². The third-order valence-corrected chi connectivity index (χ3v) is 1.46. The van der Waals surface area contributed by atoms with Crippen molar-refractivity contribution in [3.8, 4) is 0 Å². The van der Waals surface area contributed by atoms with Gasteiger partial charge in [0.1, 0.15) is 0 Å². The monoisotopic (exact) mass is 259 g/mol. The van der Waals surface area contributed by atoms with E-state index in [9.17, 15) is 0 Å². The minimum Gasteiger partial charge on any atom is -0.790 e. The van der Waals surface area contributed by atoms with E-state index in [-0.39, 0.29) is 59.1 Å². The second-order valence-electron chi connectivity index (χ2n) is 2.53. The molecule has 8 heteroatoms. The predicted octanol–water partition coefficient (Wildman–Crippen LogP) is -6.02. The van der Waals surface area contributed by atoms with Gasteiger partial charge in [-0.3, -0.25) is 0 Å². The average molecular weight is 259 g/mol. The maximum Gasteiger partial charge on any atom is 1.00 e. The van der Waals surface area contributed by atoms with Crippen molar-refractivity contribution in [2.75, 3.05) is 0 Å². The van der Waals surface area contributed by atoms with Crippen molar-refractivity contribution in [1.29, 1.82) is 0 Å². The van der Waals surface area contributed by atoms with Gasteiger partial charge in [0, 0.05) is 11.7 Å². The molecule has 0 unspecified atom stereocenters. The third kappa shape index (κ3) is 8.96. The summed E-state index contributed by atoms with van der Waals surface area (Å²) in [7, 11) is -5.14. The number of hydrogen-bond acceptors (Lipinski definition) is 3. The maximum atomic E-state index is 8.66. The molecule has 0 amide bonds. The average Bonchev–Trinajstić information content (AvgIpc) is 2.47. The molecule has 1 aromatic heterocycles. The van der Waals surface area contributed by atoms with Crippen LogP contribution in [0.25, 0.3) is 10.9 Å². The van der Waals surface area contributed by atoms with E-state index in [1.807, 2.05) is 18.3 Å². The SMILES string of the molecule is O=P([O-])([O-])O.[Na+].[Na+].c1ccc2[nH]ccc2c1. The number of rotatable bonds is 0. The topological polar surface area (TPSA) is 99.2 Å². The summed E-state index contributed by atoms with van der Waals surface area (Å²) in [5, 5.41) is 1.28. The largest absolute Gasteiger partial charge is 1.00 e. The summed E-state index contributed by atoms with van der Waals surface area (Å²) in [4.78, 5) is 27.4. The van der Waals surface area contributed by atoms with Crippen molar-refractivity contribution in [3.05, 3.63) is 36.5 Å². The van der Waals surface area contributed by atoms with Crippen LogP contribution in [0.5, 0.6) is 0 Å². The second kappa shape index (κ2) is 8.89. The van der Waals surface area contributed by atoms with E-state index in [1.54, 1.807) is 0 Å². The zero-order chi connectivity index (χ0) is 10.6. The number of aromatic amines is 1. The molecule has 0 saturated carbocycles. The summed E-state index contributed by atoms with van der Waals surface area (Å²) >= 11 is 0. The molecule has 0 atom stereocenters. The van der Waals surface area contributed by atoms with Gasteiger partial charge in [-0.2, -0.15) is 0 Å². The number of hydrogen-bond donors (Lipinski definition) is 2. The van der Waals surface area contributed by atoms with Crippen LogP contribution in [-0.2, 0) is 4.57 Å². The summed E-state index contributed by atoms with van der Waals surface area (Å²) in [6.45, 7) is 0. The van der Waals surface area contributed by atoms with Crippen molar-refractivity contribution < 1.29 is 78.4 Å². The quantitative estimate of drug-likeness (QED) is 0.363. The minimum atomic E-state index is -5.14. The first-order valence-corrected chi connectivity index (χ1v) is 5.23. The Morgan fingerprint density at radius 2 is 1.62 bits per heavy atom. The molecule has 2 aromatic rings. The second-order valence-corrected chi connectivity index (χ2v) is 3.47. The number of nitrogens with one attached hydrogen (secondary N) is 1. The first-order chi connectivity index (χ1) is 6.47. The molecule has 2 N–H and O–H groups in total. The smallest absolute Gasteiger partial charge is 0.790 e. The Labute approximate surface area is 137 Å². The summed E-state index contributed by atoms with van der Waals surface area (Å²) in [6, 6.07) is 10.3. The molecule has 0 saturated heterocycles. The molecule has 0 spiro atoms. The Bertz CT molecular complexity index is 417. The summed E-state index contributed by atoms with van der Waals surface area (Å²) < 4.78 is 8.66. The van der Waals surface area contributed by atoms with E-state index in [4.69, 9.17) is 19.2 Å². The molecule has 5 nitrogen and oxygen atoms in total. The molecular weight excluding hydrogens is 251 g/mol. The number of phosphoric acid groups is 1. The number of fused-ring (bicyclic) bond motifs is 1. The van der Waals surface area contributed by atoms with Crippen LogP contribution in [-0.4, -0.2) is 9.88 Å². The molecule has 1 aromatic carbocycles. The van der Waals surface area contributed by atoms with Crippen LogP contribution in [0, 0.1) is 0 Å². The van der Waals surface area contributed by atoms with E-state index in [0.29, 0.717) is 0 Å². The fourth-order valence-corrected chi connectivity index (χ4v) is 0.995. The summed E-state index contributed by atoms with van der Waals surface area (Å²) in [5.41, 5.74) is 1.21. The van der Waals surface area contributed by atoms with E-state index < -0.39 is 7.82 Å². The van der Waals surface area contributed by atoms with Gasteiger partial charge in [0.2, 0.25) is 0 Å². The molecule has 0 aliphatic rings. The molecule has 0 bridgehead atoms. The van der Waals surface area contributed by atoms with E-state index in [1.165, 1.54) is 10.9 Å². The fourth-order valence-electron chi connectivity index (χ4n) is 0.995. The molecule has 0 radical (unpaired) electrons. The Hall–Kier alpha value is 0.870. The molecule has 0 fully saturated rings. The Kier molecular flexibility index (Phi) is 10.7. The molecule has 16 heavy (non-hydrogen) atoms. The van der Waals surface area contributed by atoms with Gasteiger partial charge in [0.05, 0.1) is 7.82 Å². The van der Waals surface area contributed by atoms with E-state index in [2.05, 4.69) is 23.2 Å². The van der Waals surface area contributed by atoms with Crippen LogP contribution in [0.1, 0.15) is 0 Å². The number of para-hydroxylation sites is 1. The normalized spacial score (nSPS) is 9.44. The summed E-state index contributed by atoms with van der Waals surface area (Å²) in [5.74, 6) is 0. The van der Waals surface area contributed by atoms with Crippen molar-refractivity contribution in [3.63, 3.8) is 0 Å². The zero-order valence-corrected chi connectivity index (χ0v) is 14.0. The summed E-state index contributed by atoms with van der Waals surface area (Å²) in [6.07, 6.45) is 1.95. The van der Waals surface area contributed by atoms with Crippen molar-refractivity contribution in [2.24, 2.45) is 0 Å². The van der Waals surface area contributed by atoms with Crippen LogP contribution in [0.3, 0.4) is 0 Å². The van der Waals surface area contributed by atoms with Gasteiger partial charge < -0.3 is 24.2 Å². The minimum absolute atomic E-state index is 0. The molecular formula is C8H8NNa2O4P. The van der Waals surface area contributed by atoms with Crippen LogP contribution < -0.4 is 68.9 Å². The van der Waals surface area contributed by atoms with Crippen LogP contribution in [0.2, 0.25) is 0 Å². The van der Waals surface area contributed by atoms with Gasteiger partial charge in [-0.25, -0.2) is 0 Å². The predicted molar refractivity (Wildman–Crippen MR) is 48.1 cm³/mol. The fraction of sp³-hybridized carbons (Fsp3) is 0. The standard InChI is InChI=1S/C8H7N.2Na.H3O4P/c1-2-4-8-7(3-1)5-6-9-8;;;1-5(2,3)4/h1-6,9H;;;(H3,1,2,3,4)/q;2*+1;/p-2. The van der Waals surface area contributed by atoms with Gasteiger partial charge in [0.25, 0.3) is 0 Å². The molecule has 76 valence electrons. The third-order valence-electron chi connectivity index (χ3n) is 1.46. The van der Waals surface area contributed by atoms with Crippen LogP contribution in [0.15, 0.2) is 36.5 Å². The van der Waals surface area contributed by atoms with Crippen molar-refractivity contribution >= 4 is 18.7 Å². The van der Waals surface area contributed by atoms with Crippen LogP contribution in [0.4, 0.5) is 0 Å². The number of H-pyrrole nitrogens is 1. The van der Waals surface area contributed by atoms with Crippen LogP contribution >= 0.6 is 7.82 Å². The van der Waals surface area contributed by atoms with Crippen molar-refractivity contribution in [1.82, 2.24) is 4.98 Å². The first kappa shape index (κ1) is 19.2. The zero-order valence-electron chi connectivity index (χ0n) is 9.08. The number of aromatic nitrogens is 1. The van der Waals surface area contributed by atoms with Gasteiger partial charge in [-0.05, 0) is 17.5 Å². The van der Waals surface area contributed by atoms with E-state index in [0.717, 1.165) is 0 Å². The Balaban J connectivity index is 0. The van der Waals surface area contributed by atoms with Gasteiger partial charge >= 0.3 is 59.1 Å². The Morgan fingerprint density at radius 1 is 1.12 bits per heavy atom. The number of benzene rings is 1.